The highest BCUT2D eigenvalue weighted by atomic mass is 19.4. The van der Waals surface area contributed by atoms with Crippen LogP contribution in [0.4, 0.5) is 39.5 Å². The minimum Gasteiger partial charge on any atom is -0.508 e. The summed E-state index contributed by atoms with van der Waals surface area (Å²) in [7, 11) is 1.49. The fraction of sp³-hybridized carbons (Fsp3) is 0.383. The molecule has 380 valence electrons. The summed E-state index contributed by atoms with van der Waals surface area (Å²) in [6.07, 6.45) is -14.6. The number of amides is 3. The predicted molar refractivity (Wildman–Crippen MR) is 235 cm³/mol. The van der Waals surface area contributed by atoms with Crippen LogP contribution in [0.1, 0.15) is 63.8 Å². The molecule has 0 aliphatic rings. The number of ketones is 2. The maximum absolute atomic E-state index is 12.0. The summed E-state index contributed by atoms with van der Waals surface area (Å²) in [6, 6.07) is 25.4. The molecule has 3 amide bonds. The Morgan fingerprint density at radius 1 is 0.464 bits per heavy atom. The van der Waals surface area contributed by atoms with Crippen LogP contribution in [0, 0.1) is 10.8 Å². The van der Waals surface area contributed by atoms with Crippen molar-refractivity contribution in [1.29, 1.82) is 0 Å². The Labute approximate surface area is 392 Å². The van der Waals surface area contributed by atoms with Gasteiger partial charge >= 0.3 is 36.3 Å². The van der Waals surface area contributed by atoms with Crippen LogP contribution in [0.3, 0.4) is 0 Å². The van der Waals surface area contributed by atoms with Crippen LogP contribution in [0.5, 0.6) is 23.0 Å². The molecular weight excluding hydrogens is 936 g/mol. The number of hydrogen-bond donors (Lipinski definition) is 5. The Hall–Kier alpha value is -6.84. The average Bonchev–Trinajstić information content (AvgIpc) is 3.27. The quantitative estimate of drug-likeness (QED) is 0.0766. The summed E-state index contributed by atoms with van der Waals surface area (Å²) in [5.74, 6) is -4.11. The fourth-order valence-corrected chi connectivity index (χ4v) is 4.36. The highest BCUT2D eigenvalue weighted by Crippen LogP contribution is 2.21. The van der Waals surface area contributed by atoms with E-state index in [1.807, 2.05) is 45.0 Å². The van der Waals surface area contributed by atoms with E-state index in [9.17, 15) is 63.5 Å². The molecular formula is C47H55F9N4O9. The number of ether oxygens (including phenoxy) is 3. The molecule has 4 rings (SSSR count). The zero-order chi connectivity index (χ0) is 52.8. The van der Waals surface area contributed by atoms with Crippen LogP contribution in [0.25, 0.3) is 0 Å². The minimum atomic E-state index is -4.89. The van der Waals surface area contributed by atoms with Crippen molar-refractivity contribution >= 4 is 29.3 Å². The molecule has 13 nitrogen and oxygen atoms in total. The number of nitrogens with two attached hydrogens (primary N) is 1. The van der Waals surface area contributed by atoms with Gasteiger partial charge < -0.3 is 41.0 Å². The van der Waals surface area contributed by atoms with Crippen molar-refractivity contribution in [2.45, 2.75) is 86.3 Å². The average molecular weight is 991 g/mol. The third-order valence-electron chi connectivity index (χ3n) is 8.72. The van der Waals surface area contributed by atoms with Gasteiger partial charge in [0.15, 0.2) is 11.6 Å². The van der Waals surface area contributed by atoms with Gasteiger partial charge in [0.1, 0.15) is 36.2 Å². The van der Waals surface area contributed by atoms with Gasteiger partial charge in [-0.3, -0.25) is 24.0 Å². The molecule has 0 fully saturated rings. The lowest BCUT2D eigenvalue weighted by Crippen LogP contribution is -2.36. The summed E-state index contributed by atoms with van der Waals surface area (Å²) in [5.41, 5.74) is 7.22. The fourth-order valence-electron chi connectivity index (χ4n) is 4.36. The lowest BCUT2D eigenvalue weighted by atomic mass is 9.91. The molecule has 0 saturated carbocycles. The van der Waals surface area contributed by atoms with E-state index in [1.165, 1.54) is 55.6 Å². The Kier molecular flexibility index (Phi) is 23.7. The number of rotatable bonds is 14. The zero-order valence-corrected chi connectivity index (χ0v) is 38.7. The van der Waals surface area contributed by atoms with Crippen molar-refractivity contribution < 1.29 is 82.8 Å². The second-order valence-corrected chi connectivity index (χ2v) is 16.5. The van der Waals surface area contributed by atoms with E-state index in [4.69, 9.17) is 25.1 Å². The molecule has 4 aromatic rings. The molecule has 0 unspecified atom stereocenters. The number of hydrogen-bond acceptors (Lipinski definition) is 10. The van der Waals surface area contributed by atoms with Crippen molar-refractivity contribution in [3.8, 4) is 23.0 Å². The van der Waals surface area contributed by atoms with Gasteiger partial charge in [-0.2, -0.15) is 39.5 Å². The number of carbonyl (C=O) groups excluding carboxylic acids is 5. The van der Waals surface area contributed by atoms with E-state index in [0.717, 1.165) is 5.56 Å². The van der Waals surface area contributed by atoms with E-state index in [0.29, 0.717) is 40.5 Å². The molecule has 6 N–H and O–H groups in total. The van der Waals surface area contributed by atoms with Gasteiger partial charge in [-0.15, -0.1) is 0 Å². The molecule has 0 saturated heterocycles. The SMILES string of the molecule is CC(C)(C)C(=O)COc1ccc(CN)cc1.CC(C)(C)C(=O)COc1ccc(CNC(=O)C(F)(F)F)cc1.COc1ccc(CNC(=O)C(F)(F)F)cc1.O=C(NCc1ccc(O)cc1)C(F)(F)F. The van der Waals surface area contributed by atoms with Crippen LogP contribution < -0.4 is 35.9 Å². The summed E-state index contributed by atoms with van der Waals surface area (Å²) < 4.78 is 122. The maximum Gasteiger partial charge on any atom is 0.471 e. The third kappa shape index (κ3) is 25.2. The van der Waals surface area contributed by atoms with Gasteiger partial charge in [-0.25, -0.2) is 0 Å². The van der Waals surface area contributed by atoms with Gasteiger partial charge in [0.05, 0.1) is 7.11 Å². The van der Waals surface area contributed by atoms with Gasteiger partial charge in [0.2, 0.25) is 0 Å². The number of phenols is 1. The Morgan fingerprint density at radius 2 is 0.725 bits per heavy atom. The Balaban J connectivity index is 0.000000466. The third-order valence-corrected chi connectivity index (χ3v) is 8.72. The molecule has 69 heavy (non-hydrogen) atoms. The summed E-state index contributed by atoms with van der Waals surface area (Å²) in [5, 5.41) is 14.2. The molecule has 0 aliphatic heterocycles. The summed E-state index contributed by atoms with van der Waals surface area (Å²) in [6.45, 7) is 10.9. The summed E-state index contributed by atoms with van der Waals surface area (Å²) >= 11 is 0. The summed E-state index contributed by atoms with van der Waals surface area (Å²) in [4.78, 5) is 54.9. The molecule has 22 heteroatoms. The standard InChI is InChI=1S/C15H18F3NO3.C13H19NO2.C10H10F3NO2.C9H8F3NO2/c1-14(2,3)12(20)9-22-11-6-4-10(5-7-11)8-19-13(21)15(16,17)18;1-13(2,3)12(15)9-16-11-6-4-10(8-14)5-7-11;1-16-8-4-2-7(3-5-8)6-14-9(15)10(11,12)13;10-9(11,12)8(15)13-5-6-1-3-7(14)4-2-6/h4-7H,8-9H2,1-3H3,(H,19,21);4-7H,8-9,14H2,1-3H3;2-5H,6H2,1H3,(H,14,15);1-4,14H,5H2,(H,13,15). The number of phenolic OH excluding ortho intramolecular Hbond substituents is 1. The largest absolute Gasteiger partial charge is 0.508 e. The Morgan fingerprint density at radius 3 is 0.971 bits per heavy atom. The van der Waals surface area contributed by atoms with Crippen molar-refractivity contribution in [2.75, 3.05) is 20.3 Å². The normalized spacial score (nSPS) is 11.4. The topological polar surface area (TPSA) is 195 Å². The first-order valence-electron chi connectivity index (χ1n) is 20.4. The lowest BCUT2D eigenvalue weighted by molar-refractivity contribution is -0.173. The van der Waals surface area contributed by atoms with Gasteiger partial charge in [0, 0.05) is 37.0 Å². The zero-order valence-electron chi connectivity index (χ0n) is 38.7. The first-order valence-corrected chi connectivity index (χ1v) is 20.4. The van der Waals surface area contributed by atoms with Crippen LogP contribution in [0.15, 0.2) is 97.1 Å². The maximum atomic E-state index is 12.0. The highest BCUT2D eigenvalue weighted by Gasteiger charge is 2.39. The van der Waals surface area contributed by atoms with E-state index in [2.05, 4.69) is 0 Å². The molecule has 0 aliphatic carbocycles. The number of nitrogens with one attached hydrogen (secondary N) is 3. The van der Waals surface area contributed by atoms with Crippen LogP contribution in [0.2, 0.25) is 0 Å². The number of methoxy groups -OCH3 is 1. The Bertz CT molecular complexity index is 2100. The van der Waals surface area contributed by atoms with E-state index >= 15 is 0 Å². The van der Waals surface area contributed by atoms with Gasteiger partial charge in [-0.05, 0) is 70.8 Å². The number of halogens is 9. The van der Waals surface area contributed by atoms with Gasteiger partial charge in [-0.1, -0.05) is 90.1 Å². The van der Waals surface area contributed by atoms with Crippen molar-refractivity contribution in [2.24, 2.45) is 16.6 Å². The second kappa shape index (κ2) is 27.2. The number of Topliss-reactive ketones (excluding diaryl/α,β-unsaturated/α-hetero) is 2. The molecule has 0 aromatic heterocycles. The predicted octanol–water partition coefficient (Wildman–Crippen LogP) is 8.44. The molecule has 0 spiro atoms. The molecule has 0 atom stereocenters. The van der Waals surface area contributed by atoms with Gasteiger partial charge in [0.25, 0.3) is 0 Å². The van der Waals surface area contributed by atoms with Crippen molar-refractivity contribution in [3.05, 3.63) is 119 Å². The number of alkyl halides is 9. The molecule has 0 radical (unpaired) electrons. The van der Waals surface area contributed by atoms with Crippen molar-refractivity contribution in [1.82, 2.24) is 16.0 Å². The van der Waals surface area contributed by atoms with Crippen LogP contribution in [-0.2, 0) is 50.2 Å². The molecule has 0 bridgehead atoms. The highest BCUT2D eigenvalue weighted by molar-refractivity contribution is 5.85. The first kappa shape index (κ1) is 60.2. The monoisotopic (exact) mass is 990 g/mol. The molecule has 4 aromatic carbocycles. The van der Waals surface area contributed by atoms with E-state index < -0.39 is 41.7 Å². The minimum absolute atomic E-state index is 0.0147. The van der Waals surface area contributed by atoms with Crippen molar-refractivity contribution in [3.63, 3.8) is 0 Å². The first-order chi connectivity index (χ1) is 31.8. The van der Waals surface area contributed by atoms with Crippen LogP contribution >= 0.6 is 0 Å². The smallest absolute Gasteiger partial charge is 0.471 e. The lowest BCUT2D eigenvalue weighted by Gasteiger charge is -2.16. The second-order valence-electron chi connectivity index (χ2n) is 16.5. The van der Waals surface area contributed by atoms with E-state index in [-0.39, 0.29) is 55.6 Å². The van der Waals surface area contributed by atoms with E-state index in [1.54, 1.807) is 61.0 Å². The number of aromatic hydroxyl groups is 1. The molecule has 0 heterocycles. The number of benzene rings is 4. The van der Waals surface area contributed by atoms with Crippen LogP contribution in [-0.4, -0.2) is 73.2 Å². The number of carbonyl (C=O) groups is 5.